The highest BCUT2D eigenvalue weighted by molar-refractivity contribution is 6.30. The van der Waals surface area contributed by atoms with Crippen molar-refractivity contribution < 1.29 is 0 Å². The average Bonchev–Trinajstić information content (AvgIpc) is 2.79. The summed E-state index contributed by atoms with van der Waals surface area (Å²) in [5.74, 6) is 0. The lowest BCUT2D eigenvalue weighted by Crippen LogP contribution is -1.80. The van der Waals surface area contributed by atoms with Gasteiger partial charge in [-0.1, -0.05) is 127 Å². The Balaban J connectivity index is 1.43. The van der Waals surface area contributed by atoms with E-state index in [0.29, 0.717) is 0 Å². The van der Waals surface area contributed by atoms with Gasteiger partial charge < -0.3 is 0 Å². The summed E-state index contributed by atoms with van der Waals surface area (Å²) in [4.78, 5) is 0. The molecule has 0 spiro atoms. The molecule has 0 aliphatic carbocycles. The number of rotatable bonds is 5. The van der Waals surface area contributed by atoms with E-state index in [2.05, 4.69) is 97.1 Å². The van der Waals surface area contributed by atoms with Crippen LogP contribution < -0.4 is 0 Å². The first-order valence-corrected chi connectivity index (χ1v) is 10.0. The van der Waals surface area contributed by atoms with Crippen molar-refractivity contribution in [3.63, 3.8) is 0 Å². The van der Waals surface area contributed by atoms with Crippen molar-refractivity contribution in [2.45, 2.75) is 0 Å². The van der Waals surface area contributed by atoms with E-state index < -0.39 is 0 Å². The van der Waals surface area contributed by atoms with E-state index in [1.54, 1.807) is 0 Å². The lowest BCUT2D eigenvalue weighted by atomic mass is 10.0. The fourth-order valence-corrected chi connectivity index (χ4v) is 3.22. The zero-order valence-corrected chi connectivity index (χ0v) is 16.8. The van der Waals surface area contributed by atoms with Crippen molar-refractivity contribution in [1.82, 2.24) is 0 Å². The lowest BCUT2D eigenvalue weighted by Gasteiger charge is -2.03. The van der Waals surface area contributed by atoms with Crippen molar-refractivity contribution in [2.24, 2.45) is 0 Å². The van der Waals surface area contributed by atoms with Gasteiger partial charge in [0, 0.05) is 5.02 Å². The minimum Gasteiger partial charge on any atom is -0.0843 e. The Morgan fingerprint density at radius 2 is 0.724 bits per heavy atom. The van der Waals surface area contributed by atoms with E-state index in [4.69, 9.17) is 11.6 Å². The Bertz CT molecular complexity index is 1100. The van der Waals surface area contributed by atoms with Crippen LogP contribution in [0.3, 0.4) is 0 Å². The van der Waals surface area contributed by atoms with Gasteiger partial charge in [0.15, 0.2) is 0 Å². The molecule has 0 fully saturated rings. The van der Waals surface area contributed by atoms with Crippen molar-refractivity contribution in [3.05, 3.63) is 130 Å². The second kappa shape index (κ2) is 9.23. The van der Waals surface area contributed by atoms with Crippen LogP contribution in [0.25, 0.3) is 35.4 Å². The minimum atomic E-state index is 0.757. The Labute approximate surface area is 177 Å². The molecule has 0 aromatic heterocycles. The first-order valence-electron chi connectivity index (χ1n) is 9.64. The van der Waals surface area contributed by atoms with Crippen LogP contribution >= 0.6 is 11.6 Å². The molecular weight excluding hydrogens is 372 g/mol. The summed E-state index contributed by atoms with van der Waals surface area (Å²) in [5.41, 5.74) is 7.14. The molecule has 0 nitrogen and oxygen atoms in total. The van der Waals surface area contributed by atoms with Gasteiger partial charge in [-0.05, 0) is 45.5 Å². The third-order valence-corrected chi connectivity index (χ3v) is 5.01. The molecule has 0 unspecified atom stereocenters. The first-order chi connectivity index (χ1) is 14.3. The monoisotopic (exact) mass is 392 g/mol. The molecule has 29 heavy (non-hydrogen) atoms. The van der Waals surface area contributed by atoms with Gasteiger partial charge in [0.25, 0.3) is 0 Å². The van der Waals surface area contributed by atoms with Crippen LogP contribution in [0.4, 0.5) is 0 Å². The maximum atomic E-state index is 5.93. The predicted molar refractivity (Wildman–Crippen MR) is 128 cm³/mol. The molecule has 0 aliphatic heterocycles. The maximum absolute atomic E-state index is 5.93. The second-order valence-corrected chi connectivity index (χ2v) is 7.31. The Kier molecular flexibility index (Phi) is 6.04. The molecule has 0 N–H and O–H groups in total. The van der Waals surface area contributed by atoms with E-state index >= 15 is 0 Å². The summed E-state index contributed by atoms with van der Waals surface area (Å²) in [6, 6.07) is 35.5. The predicted octanol–water partition coefficient (Wildman–Crippen LogP) is 8.35. The lowest BCUT2D eigenvalue weighted by molar-refractivity contribution is 1.58. The quantitative estimate of drug-likeness (QED) is 0.299. The SMILES string of the molecule is Clc1ccc(/C=C/c2ccc(-c3ccc(/C=C/c4ccccc4)cc3)cc2)cc1. The maximum Gasteiger partial charge on any atom is 0.0406 e. The van der Waals surface area contributed by atoms with Crippen molar-refractivity contribution in [1.29, 1.82) is 0 Å². The van der Waals surface area contributed by atoms with Crippen LogP contribution in [-0.4, -0.2) is 0 Å². The molecule has 0 aliphatic rings. The van der Waals surface area contributed by atoms with Gasteiger partial charge in [-0.3, -0.25) is 0 Å². The molecule has 0 saturated heterocycles. The molecule has 4 rings (SSSR count). The van der Waals surface area contributed by atoms with Crippen LogP contribution in [-0.2, 0) is 0 Å². The average molecular weight is 393 g/mol. The third-order valence-electron chi connectivity index (χ3n) is 4.76. The fraction of sp³-hybridized carbons (Fsp3) is 0. The molecule has 0 heterocycles. The van der Waals surface area contributed by atoms with Gasteiger partial charge in [-0.2, -0.15) is 0 Å². The molecule has 0 radical (unpaired) electrons. The summed E-state index contributed by atoms with van der Waals surface area (Å²) in [5, 5.41) is 0.757. The number of benzene rings is 4. The molecule has 0 bridgehead atoms. The van der Waals surface area contributed by atoms with Crippen LogP contribution in [0, 0.1) is 0 Å². The van der Waals surface area contributed by atoms with Crippen LogP contribution in [0.1, 0.15) is 22.3 Å². The second-order valence-electron chi connectivity index (χ2n) is 6.87. The topological polar surface area (TPSA) is 0 Å². The van der Waals surface area contributed by atoms with Gasteiger partial charge >= 0.3 is 0 Å². The van der Waals surface area contributed by atoms with E-state index in [0.717, 1.165) is 10.6 Å². The Morgan fingerprint density at radius 1 is 0.379 bits per heavy atom. The van der Waals surface area contributed by atoms with Gasteiger partial charge in [0.1, 0.15) is 0 Å². The smallest absolute Gasteiger partial charge is 0.0406 e. The van der Waals surface area contributed by atoms with E-state index in [-0.39, 0.29) is 0 Å². The molecular formula is C28H21Cl. The summed E-state index contributed by atoms with van der Waals surface area (Å²) in [6.45, 7) is 0. The molecule has 1 heteroatoms. The number of hydrogen-bond donors (Lipinski definition) is 0. The highest BCUT2D eigenvalue weighted by Crippen LogP contribution is 2.22. The standard InChI is InChI=1S/C28H21Cl/c29-28-20-14-25(15-21-28)9-8-24-12-18-27(19-13-24)26-16-10-23(11-17-26)7-6-22-4-2-1-3-5-22/h1-21H/b7-6+,9-8+. The van der Waals surface area contributed by atoms with Crippen molar-refractivity contribution in [2.75, 3.05) is 0 Å². The van der Waals surface area contributed by atoms with Gasteiger partial charge in [-0.15, -0.1) is 0 Å². The van der Waals surface area contributed by atoms with Crippen LogP contribution in [0.5, 0.6) is 0 Å². The Morgan fingerprint density at radius 3 is 1.14 bits per heavy atom. The largest absolute Gasteiger partial charge is 0.0843 e. The van der Waals surface area contributed by atoms with E-state index in [1.165, 1.54) is 27.8 Å². The summed E-state index contributed by atoms with van der Waals surface area (Å²) in [7, 11) is 0. The molecule has 0 amide bonds. The highest BCUT2D eigenvalue weighted by atomic mass is 35.5. The zero-order valence-electron chi connectivity index (χ0n) is 16.0. The number of halogens is 1. The number of hydrogen-bond acceptors (Lipinski definition) is 0. The van der Waals surface area contributed by atoms with Crippen molar-refractivity contribution in [3.8, 4) is 11.1 Å². The van der Waals surface area contributed by atoms with E-state index in [9.17, 15) is 0 Å². The normalized spacial score (nSPS) is 11.3. The third kappa shape index (κ3) is 5.34. The molecule has 0 saturated carbocycles. The molecule has 4 aromatic rings. The molecule has 140 valence electrons. The fourth-order valence-electron chi connectivity index (χ4n) is 3.10. The molecule has 0 atom stereocenters. The summed E-state index contributed by atoms with van der Waals surface area (Å²) < 4.78 is 0. The molecule has 4 aromatic carbocycles. The summed E-state index contributed by atoms with van der Waals surface area (Å²) >= 11 is 5.93. The van der Waals surface area contributed by atoms with E-state index in [1.807, 2.05) is 30.3 Å². The van der Waals surface area contributed by atoms with Crippen molar-refractivity contribution >= 4 is 35.9 Å². The highest BCUT2D eigenvalue weighted by Gasteiger charge is 1.98. The van der Waals surface area contributed by atoms with Gasteiger partial charge in [-0.25, -0.2) is 0 Å². The van der Waals surface area contributed by atoms with Crippen LogP contribution in [0.15, 0.2) is 103 Å². The van der Waals surface area contributed by atoms with Gasteiger partial charge in [0.05, 0.1) is 0 Å². The first kappa shape index (κ1) is 19.0. The zero-order chi connectivity index (χ0) is 19.9. The van der Waals surface area contributed by atoms with Crippen LogP contribution in [0.2, 0.25) is 5.02 Å². The minimum absolute atomic E-state index is 0.757. The van der Waals surface area contributed by atoms with Gasteiger partial charge in [0.2, 0.25) is 0 Å². The Hall–Kier alpha value is -3.35. The summed E-state index contributed by atoms with van der Waals surface area (Å²) in [6.07, 6.45) is 8.49.